The van der Waals surface area contributed by atoms with Crippen LogP contribution in [0.5, 0.6) is 0 Å². The number of nitrogens with two attached hydrogens (primary N) is 1. The van der Waals surface area contributed by atoms with Crippen molar-refractivity contribution in [3.05, 3.63) is 0 Å². The van der Waals surface area contributed by atoms with Crippen molar-refractivity contribution in [2.45, 2.75) is 43.9 Å². The monoisotopic (exact) mass is 242 g/mol. The van der Waals surface area contributed by atoms with Crippen LogP contribution in [-0.2, 0) is 4.79 Å². The molecule has 0 aromatic rings. The Bertz CT molecular complexity index is 266. The molecule has 1 amide bonds. The summed E-state index contributed by atoms with van der Waals surface area (Å²) >= 11 is 1.82. The van der Waals surface area contributed by atoms with Crippen molar-refractivity contribution in [1.82, 2.24) is 4.90 Å². The summed E-state index contributed by atoms with van der Waals surface area (Å²) in [6.07, 6.45) is 3.24. The number of carbonyl (C=O) groups excluding carboxylic acids is 1. The zero-order valence-electron chi connectivity index (χ0n) is 10.2. The number of piperidine rings is 1. The van der Waals surface area contributed by atoms with Crippen LogP contribution < -0.4 is 5.73 Å². The number of nitrogens with zero attached hydrogens (tertiary/aromatic N) is 1. The number of thioether (sulfide) groups is 1. The van der Waals surface area contributed by atoms with Gasteiger partial charge in [-0.05, 0) is 37.9 Å². The van der Waals surface area contributed by atoms with Crippen LogP contribution in [0.2, 0.25) is 0 Å². The first-order valence-electron chi connectivity index (χ1n) is 6.20. The summed E-state index contributed by atoms with van der Waals surface area (Å²) in [6.45, 7) is 5.92. The fraction of sp³-hybridized carbons (Fsp3) is 0.917. The van der Waals surface area contributed by atoms with Gasteiger partial charge in [-0.25, -0.2) is 0 Å². The molecule has 0 aliphatic carbocycles. The Labute approximate surface area is 102 Å². The summed E-state index contributed by atoms with van der Waals surface area (Å²) in [5, 5.41) is 0. The van der Waals surface area contributed by atoms with E-state index < -0.39 is 0 Å². The first-order chi connectivity index (χ1) is 7.51. The Balaban J connectivity index is 2.03. The van der Waals surface area contributed by atoms with Crippen molar-refractivity contribution >= 4 is 17.7 Å². The van der Waals surface area contributed by atoms with E-state index in [1.54, 1.807) is 0 Å². The number of hydrogen-bond donors (Lipinski definition) is 1. The number of amides is 1. The summed E-state index contributed by atoms with van der Waals surface area (Å²) in [4.78, 5) is 14.5. The lowest BCUT2D eigenvalue weighted by molar-refractivity contribution is -0.135. The average Bonchev–Trinajstić information content (AvgIpc) is 2.64. The van der Waals surface area contributed by atoms with E-state index in [0.717, 1.165) is 31.7 Å². The molecule has 0 bridgehead atoms. The van der Waals surface area contributed by atoms with Gasteiger partial charge in [0.2, 0.25) is 5.91 Å². The molecule has 2 aliphatic heterocycles. The zero-order chi connectivity index (χ0) is 11.8. The quantitative estimate of drug-likeness (QED) is 0.757. The Morgan fingerprint density at radius 2 is 2.25 bits per heavy atom. The Morgan fingerprint density at radius 1 is 1.50 bits per heavy atom. The van der Waals surface area contributed by atoms with Crippen molar-refractivity contribution in [2.75, 3.05) is 18.8 Å². The SMILES string of the molecule is CC1CC(N)CN(C(=O)C2(C)CCCS2)C1. The first-order valence-corrected chi connectivity index (χ1v) is 7.19. The van der Waals surface area contributed by atoms with Gasteiger partial charge >= 0.3 is 0 Å². The summed E-state index contributed by atoms with van der Waals surface area (Å²) in [6, 6.07) is 0.169. The third-order valence-corrected chi connectivity index (χ3v) is 5.16. The molecule has 2 heterocycles. The maximum atomic E-state index is 12.5. The van der Waals surface area contributed by atoms with Crippen LogP contribution in [-0.4, -0.2) is 40.4 Å². The summed E-state index contributed by atoms with van der Waals surface area (Å²) < 4.78 is -0.170. The lowest BCUT2D eigenvalue weighted by Gasteiger charge is -2.38. The summed E-state index contributed by atoms with van der Waals surface area (Å²) in [5.41, 5.74) is 5.99. The van der Waals surface area contributed by atoms with Gasteiger partial charge in [-0.15, -0.1) is 11.8 Å². The second kappa shape index (κ2) is 4.57. The normalized spacial score (nSPS) is 40.1. The maximum absolute atomic E-state index is 12.5. The molecule has 0 aromatic heterocycles. The molecule has 0 spiro atoms. The number of carbonyl (C=O) groups is 1. The predicted octanol–water partition coefficient (Wildman–Crippen LogP) is 1.47. The molecule has 2 rings (SSSR count). The molecule has 2 N–H and O–H groups in total. The molecule has 16 heavy (non-hydrogen) atoms. The molecule has 0 aromatic carbocycles. The van der Waals surface area contributed by atoms with Gasteiger partial charge < -0.3 is 10.6 Å². The standard InChI is InChI=1S/C12H22N2OS/c1-9-6-10(13)8-14(7-9)11(15)12(2)4-3-5-16-12/h9-10H,3-8,13H2,1-2H3. The highest BCUT2D eigenvalue weighted by atomic mass is 32.2. The third-order valence-electron chi connectivity index (χ3n) is 3.65. The van der Waals surface area contributed by atoms with E-state index in [9.17, 15) is 4.79 Å². The van der Waals surface area contributed by atoms with E-state index in [0.29, 0.717) is 11.8 Å². The van der Waals surface area contributed by atoms with Crippen molar-refractivity contribution in [3.8, 4) is 0 Å². The van der Waals surface area contributed by atoms with Crippen molar-refractivity contribution in [3.63, 3.8) is 0 Å². The molecule has 2 fully saturated rings. The molecule has 92 valence electrons. The number of rotatable bonds is 1. The molecule has 3 nitrogen and oxygen atoms in total. The van der Waals surface area contributed by atoms with E-state index >= 15 is 0 Å². The Hall–Kier alpha value is -0.220. The van der Waals surface area contributed by atoms with Gasteiger partial charge in [-0.2, -0.15) is 0 Å². The minimum atomic E-state index is -0.170. The average molecular weight is 242 g/mol. The molecule has 3 atom stereocenters. The highest BCUT2D eigenvalue weighted by Crippen LogP contribution is 2.39. The lowest BCUT2D eigenvalue weighted by Crippen LogP contribution is -2.53. The Kier molecular flexibility index (Phi) is 3.50. The number of likely N-dealkylation sites (tertiary alicyclic amines) is 1. The predicted molar refractivity (Wildman–Crippen MR) is 68.4 cm³/mol. The highest BCUT2D eigenvalue weighted by molar-refractivity contribution is 8.01. The molecular weight excluding hydrogens is 220 g/mol. The number of hydrogen-bond acceptors (Lipinski definition) is 3. The molecule has 4 heteroatoms. The third kappa shape index (κ3) is 2.38. The smallest absolute Gasteiger partial charge is 0.238 e. The molecule has 3 unspecified atom stereocenters. The Morgan fingerprint density at radius 3 is 2.81 bits per heavy atom. The van der Waals surface area contributed by atoms with Crippen molar-refractivity contribution in [2.24, 2.45) is 11.7 Å². The first kappa shape index (κ1) is 12.2. The maximum Gasteiger partial charge on any atom is 0.238 e. The minimum absolute atomic E-state index is 0.169. The topological polar surface area (TPSA) is 46.3 Å². The van der Waals surface area contributed by atoms with Crippen LogP contribution in [0.25, 0.3) is 0 Å². The largest absolute Gasteiger partial charge is 0.340 e. The van der Waals surface area contributed by atoms with Gasteiger partial charge in [0.05, 0.1) is 4.75 Å². The van der Waals surface area contributed by atoms with Gasteiger partial charge in [0, 0.05) is 19.1 Å². The molecular formula is C12H22N2OS. The van der Waals surface area contributed by atoms with Crippen LogP contribution in [0.15, 0.2) is 0 Å². The van der Waals surface area contributed by atoms with E-state index in [-0.39, 0.29) is 10.8 Å². The summed E-state index contributed by atoms with van der Waals surface area (Å²) in [5.74, 6) is 1.98. The van der Waals surface area contributed by atoms with Crippen LogP contribution in [0.4, 0.5) is 0 Å². The fourth-order valence-corrected chi connectivity index (χ4v) is 4.13. The van der Waals surface area contributed by atoms with E-state index in [2.05, 4.69) is 13.8 Å². The fourth-order valence-electron chi connectivity index (χ4n) is 2.85. The van der Waals surface area contributed by atoms with Crippen molar-refractivity contribution in [1.29, 1.82) is 0 Å². The van der Waals surface area contributed by atoms with Gasteiger partial charge in [0.15, 0.2) is 0 Å². The molecule has 2 saturated heterocycles. The van der Waals surface area contributed by atoms with E-state index in [1.807, 2.05) is 16.7 Å². The van der Waals surface area contributed by atoms with Gasteiger partial charge in [-0.1, -0.05) is 6.92 Å². The second-order valence-corrected chi connectivity index (χ2v) is 7.09. The van der Waals surface area contributed by atoms with Crippen LogP contribution in [0.1, 0.15) is 33.1 Å². The van der Waals surface area contributed by atoms with E-state index in [4.69, 9.17) is 5.73 Å². The van der Waals surface area contributed by atoms with Gasteiger partial charge in [-0.3, -0.25) is 4.79 Å². The van der Waals surface area contributed by atoms with Crippen LogP contribution in [0.3, 0.4) is 0 Å². The van der Waals surface area contributed by atoms with Gasteiger partial charge in [0.1, 0.15) is 0 Å². The second-order valence-electron chi connectivity index (χ2n) is 5.49. The van der Waals surface area contributed by atoms with Crippen molar-refractivity contribution < 1.29 is 4.79 Å². The lowest BCUT2D eigenvalue weighted by atomic mass is 9.94. The summed E-state index contributed by atoms with van der Waals surface area (Å²) in [7, 11) is 0. The molecule has 0 saturated carbocycles. The van der Waals surface area contributed by atoms with Crippen LogP contribution >= 0.6 is 11.8 Å². The van der Waals surface area contributed by atoms with E-state index in [1.165, 1.54) is 6.42 Å². The zero-order valence-corrected chi connectivity index (χ0v) is 11.1. The minimum Gasteiger partial charge on any atom is -0.340 e. The van der Waals surface area contributed by atoms with Gasteiger partial charge in [0.25, 0.3) is 0 Å². The molecule has 2 aliphatic rings. The highest BCUT2D eigenvalue weighted by Gasteiger charge is 2.41. The van der Waals surface area contributed by atoms with Crippen LogP contribution in [0, 0.1) is 5.92 Å². The molecule has 0 radical (unpaired) electrons.